The molecule has 3 aromatic carbocycles. The highest BCUT2D eigenvalue weighted by Gasteiger charge is 2.18. The van der Waals surface area contributed by atoms with E-state index in [9.17, 15) is 4.79 Å². The fraction of sp³-hybridized carbons (Fsp3) is 0.125. The minimum absolute atomic E-state index is 0.130. The molecule has 4 aromatic rings. The van der Waals surface area contributed by atoms with Crippen molar-refractivity contribution in [3.8, 4) is 17.1 Å². The fourth-order valence-corrected chi connectivity index (χ4v) is 4.50. The van der Waals surface area contributed by atoms with Gasteiger partial charge in [-0.15, -0.1) is 10.2 Å². The average Bonchev–Trinajstić information content (AvgIpc) is 3.24. The van der Waals surface area contributed by atoms with Crippen LogP contribution in [-0.2, 0) is 11.2 Å². The number of aryl methyl sites for hydroxylation is 1. The molecule has 1 amide bonds. The van der Waals surface area contributed by atoms with E-state index in [1.165, 1.54) is 17.3 Å². The molecule has 0 aliphatic rings. The maximum Gasteiger partial charge on any atom is 0.234 e. The monoisotopic (exact) mass is 516 g/mol. The maximum absolute atomic E-state index is 12.6. The molecule has 0 unspecified atom stereocenters. The number of benzene rings is 3. The summed E-state index contributed by atoms with van der Waals surface area (Å²) in [6.07, 6.45) is 0.946. The SMILES string of the molecule is CCc1ccc(-n2c(SCC(=O)Nc3ccc(Cl)cc3Cl)nnc2-c2ccc(Cl)cc2)cc1. The largest absolute Gasteiger partial charge is 0.324 e. The summed E-state index contributed by atoms with van der Waals surface area (Å²) in [5, 5.41) is 13.7. The van der Waals surface area contributed by atoms with Crippen molar-refractivity contribution in [3.05, 3.63) is 87.4 Å². The van der Waals surface area contributed by atoms with Crippen LogP contribution in [-0.4, -0.2) is 26.4 Å². The van der Waals surface area contributed by atoms with Gasteiger partial charge in [-0.05, 0) is 66.6 Å². The summed E-state index contributed by atoms with van der Waals surface area (Å²) >= 11 is 19.4. The van der Waals surface area contributed by atoms with Crippen LogP contribution in [0, 0.1) is 0 Å². The van der Waals surface area contributed by atoms with Crippen LogP contribution in [0.3, 0.4) is 0 Å². The van der Waals surface area contributed by atoms with E-state index in [1.807, 2.05) is 41.0 Å². The number of hydrogen-bond acceptors (Lipinski definition) is 4. The first-order valence-electron chi connectivity index (χ1n) is 10.1. The van der Waals surface area contributed by atoms with Crippen LogP contribution in [0.2, 0.25) is 15.1 Å². The second kappa shape index (κ2) is 10.6. The Balaban J connectivity index is 1.60. The van der Waals surface area contributed by atoms with Crippen LogP contribution in [0.5, 0.6) is 0 Å². The predicted molar refractivity (Wildman–Crippen MR) is 137 cm³/mol. The molecule has 0 saturated heterocycles. The van der Waals surface area contributed by atoms with Crippen molar-refractivity contribution in [1.29, 1.82) is 0 Å². The summed E-state index contributed by atoms with van der Waals surface area (Å²) < 4.78 is 1.94. The molecule has 4 rings (SSSR count). The summed E-state index contributed by atoms with van der Waals surface area (Å²) in [6.45, 7) is 2.11. The minimum atomic E-state index is -0.215. The van der Waals surface area contributed by atoms with E-state index in [0.717, 1.165) is 17.7 Å². The van der Waals surface area contributed by atoms with Gasteiger partial charge in [-0.25, -0.2) is 0 Å². The Bertz CT molecular complexity index is 1270. The molecule has 0 bridgehead atoms. The minimum Gasteiger partial charge on any atom is -0.324 e. The van der Waals surface area contributed by atoms with Crippen molar-refractivity contribution < 1.29 is 4.79 Å². The lowest BCUT2D eigenvalue weighted by Crippen LogP contribution is -2.15. The topological polar surface area (TPSA) is 59.8 Å². The Morgan fingerprint density at radius 3 is 2.30 bits per heavy atom. The van der Waals surface area contributed by atoms with Crippen molar-refractivity contribution in [3.63, 3.8) is 0 Å². The molecule has 168 valence electrons. The quantitative estimate of drug-likeness (QED) is 0.264. The zero-order valence-corrected chi connectivity index (χ0v) is 20.6. The van der Waals surface area contributed by atoms with Gasteiger partial charge in [-0.2, -0.15) is 0 Å². The van der Waals surface area contributed by atoms with E-state index < -0.39 is 0 Å². The summed E-state index contributed by atoms with van der Waals surface area (Å²) in [4.78, 5) is 12.6. The number of rotatable bonds is 7. The van der Waals surface area contributed by atoms with E-state index >= 15 is 0 Å². The van der Waals surface area contributed by atoms with Crippen LogP contribution in [0.15, 0.2) is 71.9 Å². The molecule has 5 nitrogen and oxygen atoms in total. The molecule has 0 radical (unpaired) electrons. The summed E-state index contributed by atoms with van der Waals surface area (Å²) in [5.74, 6) is 0.581. The Hall–Kier alpha value is -2.51. The van der Waals surface area contributed by atoms with E-state index in [-0.39, 0.29) is 11.7 Å². The van der Waals surface area contributed by atoms with Gasteiger partial charge in [-0.1, -0.05) is 65.6 Å². The molecule has 0 aliphatic heterocycles. The van der Waals surface area contributed by atoms with Crippen molar-refractivity contribution in [1.82, 2.24) is 14.8 Å². The third kappa shape index (κ3) is 5.71. The molecule has 9 heteroatoms. The van der Waals surface area contributed by atoms with Crippen molar-refractivity contribution in [2.24, 2.45) is 0 Å². The van der Waals surface area contributed by atoms with Crippen LogP contribution < -0.4 is 5.32 Å². The number of carbonyl (C=O) groups is 1. The molecule has 1 heterocycles. The second-order valence-electron chi connectivity index (χ2n) is 7.13. The highest BCUT2D eigenvalue weighted by Crippen LogP contribution is 2.30. The lowest BCUT2D eigenvalue weighted by Gasteiger charge is -2.11. The predicted octanol–water partition coefficient (Wildman–Crippen LogP) is 7.19. The van der Waals surface area contributed by atoms with Crippen molar-refractivity contribution in [2.75, 3.05) is 11.1 Å². The molecule has 1 N–H and O–H groups in total. The standard InChI is InChI=1S/C24H19Cl3N4OS/c1-2-15-3-10-19(11-4-15)31-23(16-5-7-17(25)8-6-16)29-30-24(31)33-14-22(32)28-21-12-9-18(26)13-20(21)27/h3-13H,2,14H2,1H3,(H,28,32). The van der Waals surface area contributed by atoms with Gasteiger partial charge in [0.2, 0.25) is 5.91 Å². The summed E-state index contributed by atoms with van der Waals surface area (Å²) in [6, 6.07) is 20.5. The van der Waals surface area contributed by atoms with Gasteiger partial charge in [0.25, 0.3) is 0 Å². The molecule has 0 saturated carbocycles. The lowest BCUT2D eigenvalue weighted by atomic mass is 10.1. The van der Waals surface area contributed by atoms with Gasteiger partial charge in [0.1, 0.15) is 0 Å². The number of hydrogen-bond donors (Lipinski definition) is 1. The molecule has 0 aliphatic carbocycles. The van der Waals surface area contributed by atoms with Crippen molar-refractivity contribution >= 4 is 58.2 Å². The number of nitrogens with zero attached hydrogens (tertiary/aromatic N) is 3. The normalized spacial score (nSPS) is 10.9. The second-order valence-corrected chi connectivity index (χ2v) is 9.35. The molecular weight excluding hydrogens is 499 g/mol. The molecule has 0 atom stereocenters. The third-order valence-corrected chi connectivity index (χ3v) is 6.60. The molecule has 0 spiro atoms. The molecule has 33 heavy (non-hydrogen) atoms. The van der Waals surface area contributed by atoms with Crippen LogP contribution in [0.1, 0.15) is 12.5 Å². The Morgan fingerprint density at radius 1 is 0.939 bits per heavy atom. The van der Waals surface area contributed by atoms with E-state index in [0.29, 0.717) is 31.7 Å². The summed E-state index contributed by atoms with van der Waals surface area (Å²) in [5.41, 5.74) is 3.51. The first-order valence-corrected chi connectivity index (χ1v) is 12.2. The van der Waals surface area contributed by atoms with E-state index in [4.69, 9.17) is 34.8 Å². The number of anilines is 1. The fourth-order valence-electron chi connectivity index (χ4n) is 3.17. The maximum atomic E-state index is 12.6. The first kappa shape index (κ1) is 23.6. The van der Waals surface area contributed by atoms with Gasteiger partial charge in [0, 0.05) is 21.3 Å². The lowest BCUT2D eigenvalue weighted by molar-refractivity contribution is -0.113. The van der Waals surface area contributed by atoms with Crippen LogP contribution in [0.4, 0.5) is 5.69 Å². The Kier molecular flexibility index (Phi) is 7.60. The first-order chi connectivity index (χ1) is 15.9. The highest BCUT2D eigenvalue weighted by atomic mass is 35.5. The Morgan fingerprint density at radius 2 is 1.64 bits per heavy atom. The summed E-state index contributed by atoms with van der Waals surface area (Å²) in [7, 11) is 0. The molecule has 0 fully saturated rings. The van der Waals surface area contributed by atoms with Crippen LogP contribution >= 0.6 is 46.6 Å². The molecule has 1 aromatic heterocycles. The van der Waals surface area contributed by atoms with Gasteiger partial charge in [0.15, 0.2) is 11.0 Å². The van der Waals surface area contributed by atoms with Gasteiger partial charge in [-0.3, -0.25) is 9.36 Å². The highest BCUT2D eigenvalue weighted by molar-refractivity contribution is 7.99. The van der Waals surface area contributed by atoms with Gasteiger partial charge in [0.05, 0.1) is 16.5 Å². The number of aromatic nitrogens is 3. The van der Waals surface area contributed by atoms with Crippen LogP contribution in [0.25, 0.3) is 17.1 Å². The Labute approximate surface area is 211 Å². The van der Waals surface area contributed by atoms with Crippen molar-refractivity contribution in [2.45, 2.75) is 18.5 Å². The zero-order valence-electron chi connectivity index (χ0n) is 17.6. The zero-order chi connectivity index (χ0) is 23.4. The van der Waals surface area contributed by atoms with E-state index in [1.54, 1.807) is 18.2 Å². The van der Waals surface area contributed by atoms with Gasteiger partial charge >= 0.3 is 0 Å². The molecular formula is C24H19Cl3N4OS. The number of halogens is 3. The average molecular weight is 518 g/mol. The van der Waals surface area contributed by atoms with Gasteiger partial charge < -0.3 is 5.32 Å². The number of carbonyl (C=O) groups excluding carboxylic acids is 1. The smallest absolute Gasteiger partial charge is 0.234 e. The number of nitrogens with one attached hydrogen (secondary N) is 1. The number of amides is 1. The number of thioether (sulfide) groups is 1. The van der Waals surface area contributed by atoms with E-state index in [2.05, 4.69) is 34.6 Å². The third-order valence-electron chi connectivity index (χ3n) is 4.88.